The number of carbonyl (C=O) groups excluding carboxylic acids is 2. The summed E-state index contributed by atoms with van der Waals surface area (Å²) < 4.78 is 10.8. The molecule has 2 heterocycles. The smallest absolute Gasteiger partial charge is 0.309 e. The maximum atomic E-state index is 12.0. The van der Waals surface area contributed by atoms with E-state index in [4.69, 9.17) is 14.3 Å². The average molecular weight is 416 g/mol. The molecular formula is C21H28N4O5. The topological polar surface area (TPSA) is 107 Å². The first kappa shape index (κ1) is 21.7. The maximum absolute atomic E-state index is 12.0. The zero-order valence-electron chi connectivity index (χ0n) is 17.0. The van der Waals surface area contributed by atoms with Crippen molar-refractivity contribution in [3.8, 4) is 5.75 Å². The van der Waals surface area contributed by atoms with Crippen LogP contribution >= 0.6 is 0 Å². The van der Waals surface area contributed by atoms with Crippen molar-refractivity contribution in [1.82, 2.24) is 15.5 Å². The first-order valence-corrected chi connectivity index (χ1v) is 9.95. The van der Waals surface area contributed by atoms with E-state index in [1.165, 1.54) is 0 Å². The van der Waals surface area contributed by atoms with Gasteiger partial charge in [-0.05, 0) is 36.4 Å². The van der Waals surface area contributed by atoms with Crippen molar-refractivity contribution in [2.75, 3.05) is 57.9 Å². The minimum Gasteiger partial charge on any atom is -0.497 e. The second-order valence-electron chi connectivity index (χ2n) is 6.94. The number of nitrogens with one attached hydrogen (secondary N) is 2. The molecule has 0 aliphatic carbocycles. The quantitative estimate of drug-likeness (QED) is 0.534. The van der Waals surface area contributed by atoms with E-state index in [1.54, 1.807) is 13.4 Å². The Labute approximate surface area is 175 Å². The molecule has 2 amide bonds. The van der Waals surface area contributed by atoms with Gasteiger partial charge in [0.15, 0.2) is 0 Å². The van der Waals surface area contributed by atoms with Crippen molar-refractivity contribution in [2.45, 2.75) is 6.04 Å². The number of piperazine rings is 1. The van der Waals surface area contributed by atoms with Gasteiger partial charge in [0.05, 0.1) is 26.0 Å². The lowest BCUT2D eigenvalue weighted by molar-refractivity contribution is -0.139. The van der Waals surface area contributed by atoms with Crippen LogP contribution < -0.4 is 20.3 Å². The molecule has 0 radical (unpaired) electrons. The summed E-state index contributed by atoms with van der Waals surface area (Å²) >= 11 is 0. The predicted octanol–water partition coefficient (Wildman–Crippen LogP) is 0.376. The Morgan fingerprint density at radius 2 is 1.80 bits per heavy atom. The summed E-state index contributed by atoms with van der Waals surface area (Å²) in [6.45, 7) is 3.30. The van der Waals surface area contributed by atoms with E-state index in [9.17, 15) is 9.59 Å². The van der Waals surface area contributed by atoms with Crippen molar-refractivity contribution in [3.63, 3.8) is 0 Å². The van der Waals surface area contributed by atoms with Gasteiger partial charge in [-0.1, -0.05) is 0 Å². The predicted molar refractivity (Wildman–Crippen MR) is 111 cm³/mol. The number of aliphatic hydroxyl groups excluding tert-OH is 1. The molecule has 30 heavy (non-hydrogen) atoms. The van der Waals surface area contributed by atoms with E-state index in [1.807, 2.05) is 36.4 Å². The van der Waals surface area contributed by atoms with Crippen molar-refractivity contribution >= 4 is 17.5 Å². The van der Waals surface area contributed by atoms with Crippen molar-refractivity contribution in [3.05, 3.63) is 48.4 Å². The van der Waals surface area contributed by atoms with Gasteiger partial charge in [-0.3, -0.25) is 14.5 Å². The van der Waals surface area contributed by atoms with Gasteiger partial charge in [0.1, 0.15) is 11.5 Å². The number of hydrogen-bond donors (Lipinski definition) is 3. The van der Waals surface area contributed by atoms with Crippen molar-refractivity contribution in [1.29, 1.82) is 0 Å². The summed E-state index contributed by atoms with van der Waals surface area (Å²) in [5.74, 6) is 0.0847. The van der Waals surface area contributed by atoms with Crippen LogP contribution in [0.25, 0.3) is 0 Å². The number of anilines is 1. The molecule has 1 fully saturated rings. The van der Waals surface area contributed by atoms with Crippen LogP contribution in [0.15, 0.2) is 47.1 Å². The number of amides is 2. The highest BCUT2D eigenvalue weighted by Gasteiger charge is 2.28. The number of benzene rings is 1. The molecular weight excluding hydrogens is 388 g/mol. The monoisotopic (exact) mass is 416 g/mol. The summed E-state index contributed by atoms with van der Waals surface area (Å²) in [7, 11) is 1.65. The fourth-order valence-corrected chi connectivity index (χ4v) is 3.49. The average Bonchev–Trinajstić information content (AvgIpc) is 3.32. The number of ether oxygens (including phenoxy) is 1. The van der Waals surface area contributed by atoms with Gasteiger partial charge in [-0.25, -0.2) is 0 Å². The first-order valence-electron chi connectivity index (χ1n) is 9.95. The zero-order chi connectivity index (χ0) is 21.3. The van der Waals surface area contributed by atoms with E-state index >= 15 is 0 Å². The fourth-order valence-electron chi connectivity index (χ4n) is 3.49. The van der Waals surface area contributed by atoms with Crippen LogP contribution in [0, 0.1) is 0 Å². The number of hydrogen-bond acceptors (Lipinski definition) is 7. The minimum atomic E-state index is -0.758. The summed E-state index contributed by atoms with van der Waals surface area (Å²) in [5.41, 5.74) is 1.14. The van der Waals surface area contributed by atoms with Gasteiger partial charge in [-0.2, -0.15) is 0 Å². The molecule has 1 aliphatic heterocycles. The Morgan fingerprint density at radius 3 is 2.40 bits per heavy atom. The molecule has 9 heteroatoms. The van der Waals surface area contributed by atoms with E-state index in [0.717, 1.165) is 43.4 Å². The van der Waals surface area contributed by atoms with Crippen LogP contribution in [-0.4, -0.2) is 74.8 Å². The Kier molecular flexibility index (Phi) is 7.69. The van der Waals surface area contributed by atoms with Gasteiger partial charge < -0.3 is 29.8 Å². The Balaban J connectivity index is 1.58. The molecule has 1 aliphatic rings. The summed E-state index contributed by atoms with van der Waals surface area (Å²) in [4.78, 5) is 28.3. The van der Waals surface area contributed by atoms with Crippen LogP contribution in [0.1, 0.15) is 11.8 Å². The molecule has 0 saturated carbocycles. The number of aliphatic hydroxyl groups is 1. The number of nitrogens with zero attached hydrogens (tertiary/aromatic N) is 2. The van der Waals surface area contributed by atoms with E-state index < -0.39 is 11.8 Å². The van der Waals surface area contributed by atoms with Crippen LogP contribution in [0.3, 0.4) is 0 Å². The number of carbonyl (C=O) groups is 2. The van der Waals surface area contributed by atoms with Crippen LogP contribution in [0.4, 0.5) is 5.69 Å². The minimum absolute atomic E-state index is 0.0428. The van der Waals surface area contributed by atoms with E-state index in [2.05, 4.69) is 20.4 Å². The second kappa shape index (κ2) is 10.7. The Bertz CT molecular complexity index is 801. The highest BCUT2D eigenvalue weighted by Crippen LogP contribution is 2.25. The summed E-state index contributed by atoms with van der Waals surface area (Å²) in [5, 5.41) is 13.8. The molecule has 0 spiro atoms. The summed E-state index contributed by atoms with van der Waals surface area (Å²) in [6.07, 6.45) is 1.60. The fraction of sp³-hybridized carbons (Fsp3) is 0.429. The summed E-state index contributed by atoms with van der Waals surface area (Å²) in [6, 6.07) is 11.5. The largest absolute Gasteiger partial charge is 0.497 e. The van der Waals surface area contributed by atoms with Gasteiger partial charge in [0.2, 0.25) is 0 Å². The maximum Gasteiger partial charge on any atom is 0.309 e. The molecule has 3 rings (SSSR count). The molecule has 1 aromatic heterocycles. The lowest BCUT2D eigenvalue weighted by Gasteiger charge is -2.39. The number of rotatable bonds is 8. The third kappa shape index (κ3) is 5.52. The second-order valence-corrected chi connectivity index (χ2v) is 6.94. The first-order chi connectivity index (χ1) is 14.6. The molecule has 1 atom stereocenters. The highest BCUT2D eigenvalue weighted by molar-refractivity contribution is 6.35. The molecule has 0 bridgehead atoms. The van der Waals surface area contributed by atoms with Crippen LogP contribution in [0.5, 0.6) is 5.75 Å². The highest BCUT2D eigenvalue weighted by atomic mass is 16.5. The SMILES string of the molecule is COc1ccc(N2CCN(C(CNC(=O)C(=O)NCCO)c3ccco3)CC2)cc1. The third-order valence-corrected chi connectivity index (χ3v) is 5.12. The molecule has 1 saturated heterocycles. The normalized spacial score (nSPS) is 15.5. The van der Waals surface area contributed by atoms with Crippen molar-refractivity contribution in [2.24, 2.45) is 0 Å². The molecule has 162 valence electrons. The van der Waals surface area contributed by atoms with Crippen molar-refractivity contribution < 1.29 is 23.8 Å². The Morgan fingerprint density at radius 1 is 1.10 bits per heavy atom. The molecule has 2 aromatic rings. The van der Waals surface area contributed by atoms with Crippen LogP contribution in [-0.2, 0) is 9.59 Å². The Hall–Kier alpha value is -3.04. The third-order valence-electron chi connectivity index (χ3n) is 5.12. The molecule has 9 nitrogen and oxygen atoms in total. The van der Waals surface area contributed by atoms with Gasteiger partial charge in [-0.15, -0.1) is 0 Å². The molecule has 1 aromatic carbocycles. The lowest BCUT2D eigenvalue weighted by atomic mass is 10.1. The van der Waals surface area contributed by atoms with Gasteiger partial charge in [0.25, 0.3) is 0 Å². The van der Waals surface area contributed by atoms with E-state index in [0.29, 0.717) is 0 Å². The zero-order valence-corrected chi connectivity index (χ0v) is 17.0. The number of methoxy groups -OCH3 is 1. The van der Waals surface area contributed by atoms with Crippen LogP contribution in [0.2, 0.25) is 0 Å². The van der Waals surface area contributed by atoms with Gasteiger partial charge in [0, 0.05) is 45.0 Å². The molecule has 1 unspecified atom stereocenters. The molecule has 3 N–H and O–H groups in total. The lowest BCUT2D eigenvalue weighted by Crippen LogP contribution is -2.50. The number of furan rings is 1. The standard InChI is InChI=1S/C21H28N4O5/c1-29-17-6-4-16(5-7-17)24-9-11-25(12-10-24)18(19-3-2-14-30-19)15-23-21(28)20(27)22-8-13-26/h2-7,14,18,26H,8-13,15H2,1H3,(H,22,27)(H,23,28). The van der Waals surface area contributed by atoms with Gasteiger partial charge >= 0.3 is 11.8 Å². The van der Waals surface area contributed by atoms with E-state index in [-0.39, 0.29) is 25.7 Å².